The fourth-order valence-corrected chi connectivity index (χ4v) is 5.45. The zero-order valence-corrected chi connectivity index (χ0v) is 21.9. The van der Waals surface area contributed by atoms with E-state index in [1.807, 2.05) is 30.3 Å². The van der Waals surface area contributed by atoms with Crippen LogP contribution in [0.5, 0.6) is 5.75 Å². The van der Waals surface area contributed by atoms with E-state index >= 15 is 0 Å². The van der Waals surface area contributed by atoms with Crippen molar-refractivity contribution < 1.29 is 19.2 Å². The minimum absolute atomic E-state index is 0.114. The molecule has 1 aliphatic rings. The highest BCUT2D eigenvalue weighted by Crippen LogP contribution is 2.31. The van der Waals surface area contributed by atoms with E-state index in [4.69, 9.17) is 9.47 Å². The number of hydrogen-bond donors (Lipinski definition) is 0. The van der Waals surface area contributed by atoms with Crippen LogP contribution in [0.4, 0.5) is 5.69 Å². The molecule has 39 heavy (non-hydrogen) atoms. The second-order valence-corrected chi connectivity index (χ2v) is 9.74. The molecule has 1 aromatic heterocycles. The van der Waals surface area contributed by atoms with Crippen LogP contribution in [-0.4, -0.2) is 22.6 Å². The number of esters is 1. The fraction of sp³-hybridized carbons (Fsp3) is 0.138. The number of para-hydroxylation sites is 1. The van der Waals surface area contributed by atoms with Crippen LogP contribution in [-0.2, 0) is 16.1 Å². The van der Waals surface area contributed by atoms with Gasteiger partial charge in [-0.25, -0.2) is 9.79 Å². The molecule has 0 N–H and O–H groups in total. The lowest BCUT2D eigenvalue weighted by atomic mass is 9.96. The molecular weight excluding hydrogens is 518 g/mol. The first-order valence-electron chi connectivity index (χ1n) is 12.0. The van der Waals surface area contributed by atoms with Crippen LogP contribution in [0.1, 0.15) is 29.7 Å². The predicted octanol–water partition coefficient (Wildman–Crippen LogP) is 3.90. The van der Waals surface area contributed by atoms with Crippen LogP contribution in [0, 0.1) is 10.1 Å². The molecule has 196 valence electrons. The Morgan fingerprint density at radius 2 is 1.77 bits per heavy atom. The monoisotopic (exact) mass is 541 g/mol. The largest absolute Gasteiger partial charge is 0.489 e. The number of hydrogen-bond acceptors (Lipinski definition) is 8. The van der Waals surface area contributed by atoms with Crippen LogP contribution >= 0.6 is 11.3 Å². The van der Waals surface area contributed by atoms with Crippen molar-refractivity contribution in [1.29, 1.82) is 0 Å². The molecule has 0 saturated carbocycles. The molecule has 5 rings (SSSR count). The van der Waals surface area contributed by atoms with Gasteiger partial charge in [0.1, 0.15) is 12.4 Å². The van der Waals surface area contributed by atoms with Crippen molar-refractivity contribution in [3.05, 3.63) is 137 Å². The summed E-state index contributed by atoms with van der Waals surface area (Å²) in [6.45, 7) is 2.09. The summed E-state index contributed by atoms with van der Waals surface area (Å²) in [7, 11) is 1.28. The molecule has 1 atom stereocenters. The quantitative estimate of drug-likeness (QED) is 0.199. The van der Waals surface area contributed by atoms with E-state index in [2.05, 4.69) is 4.99 Å². The minimum atomic E-state index is -0.801. The molecule has 0 amide bonds. The van der Waals surface area contributed by atoms with Crippen LogP contribution in [0.2, 0.25) is 0 Å². The average molecular weight is 542 g/mol. The van der Waals surface area contributed by atoms with E-state index in [0.717, 1.165) is 16.9 Å². The van der Waals surface area contributed by atoms with Crippen molar-refractivity contribution in [3.8, 4) is 5.75 Å². The molecule has 10 heteroatoms. The highest BCUT2D eigenvalue weighted by molar-refractivity contribution is 7.07. The molecule has 0 fully saturated rings. The normalized spacial score (nSPS) is 14.9. The molecule has 0 spiro atoms. The molecule has 3 aromatic carbocycles. The maximum absolute atomic E-state index is 13.7. The summed E-state index contributed by atoms with van der Waals surface area (Å²) < 4.78 is 12.6. The van der Waals surface area contributed by atoms with E-state index in [1.165, 1.54) is 23.8 Å². The number of carbonyl (C=O) groups excluding carboxylic acids is 1. The highest BCUT2D eigenvalue weighted by Gasteiger charge is 2.33. The Labute approximate surface area is 226 Å². The van der Waals surface area contributed by atoms with E-state index in [-0.39, 0.29) is 15.8 Å². The zero-order chi connectivity index (χ0) is 27.5. The van der Waals surface area contributed by atoms with Gasteiger partial charge in [-0.2, -0.15) is 0 Å². The molecule has 1 aliphatic heterocycles. The summed E-state index contributed by atoms with van der Waals surface area (Å²) >= 11 is 1.10. The number of allylic oxidation sites excluding steroid dienone is 1. The molecule has 0 aliphatic carbocycles. The first-order valence-corrected chi connectivity index (χ1v) is 12.8. The summed E-state index contributed by atoms with van der Waals surface area (Å²) in [5, 5.41) is 11.5. The lowest BCUT2D eigenvalue weighted by Gasteiger charge is -2.24. The van der Waals surface area contributed by atoms with Crippen LogP contribution in [0.3, 0.4) is 0 Å². The first-order chi connectivity index (χ1) is 18.9. The zero-order valence-electron chi connectivity index (χ0n) is 21.1. The summed E-state index contributed by atoms with van der Waals surface area (Å²) in [6.07, 6.45) is 1.48. The third-order valence-corrected chi connectivity index (χ3v) is 7.27. The molecule has 2 heterocycles. The van der Waals surface area contributed by atoms with Gasteiger partial charge in [-0.3, -0.25) is 19.5 Å². The number of fused-ring (bicyclic) bond motifs is 1. The fourth-order valence-electron chi connectivity index (χ4n) is 4.41. The molecule has 4 aromatic rings. The lowest BCUT2D eigenvalue weighted by Crippen LogP contribution is -2.39. The number of nitrogens with zero attached hydrogens (tertiary/aromatic N) is 3. The summed E-state index contributed by atoms with van der Waals surface area (Å²) in [5.74, 6) is 0.0327. The van der Waals surface area contributed by atoms with Gasteiger partial charge in [0.05, 0.1) is 39.4 Å². The number of nitro groups is 1. The Morgan fingerprint density at radius 3 is 2.46 bits per heavy atom. The molecule has 0 bridgehead atoms. The highest BCUT2D eigenvalue weighted by atomic mass is 32.1. The van der Waals surface area contributed by atoms with Gasteiger partial charge < -0.3 is 9.47 Å². The number of ether oxygens (including phenoxy) is 2. The van der Waals surface area contributed by atoms with Gasteiger partial charge in [-0.1, -0.05) is 65.9 Å². The third kappa shape index (κ3) is 5.14. The van der Waals surface area contributed by atoms with Gasteiger partial charge in [0, 0.05) is 6.07 Å². The van der Waals surface area contributed by atoms with Crippen molar-refractivity contribution in [2.24, 2.45) is 4.99 Å². The lowest BCUT2D eigenvalue weighted by molar-refractivity contribution is -0.385. The Hall–Kier alpha value is -4.83. The van der Waals surface area contributed by atoms with Crippen molar-refractivity contribution in [1.82, 2.24) is 4.57 Å². The SMILES string of the molecule is COC(=O)C1=C(C)N=c2sc(=Cc3ccccc3[N+](=O)[O-])c(=O)n2C1c1ccc(OCc2ccccc2)cc1. The van der Waals surface area contributed by atoms with Gasteiger partial charge in [-0.15, -0.1) is 0 Å². The summed E-state index contributed by atoms with van der Waals surface area (Å²) in [6, 6.07) is 22.3. The second kappa shape index (κ2) is 10.9. The minimum Gasteiger partial charge on any atom is -0.489 e. The van der Waals surface area contributed by atoms with E-state index < -0.39 is 22.5 Å². The first kappa shape index (κ1) is 25.8. The Balaban J connectivity index is 1.58. The van der Waals surface area contributed by atoms with Crippen molar-refractivity contribution >= 4 is 29.1 Å². The number of rotatable bonds is 7. The molecular formula is C29H23N3O6S. The second-order valence-electron chi connectivity index (χ2n) is 8.73. The van der Waals surface area contributed by atoms with Crippen molar-refractivity contribution in [2.45, 2.75) is 19.6 Å². The van der Waals surface area contributed by atoms with Gasteiger partial charge >= 0.3 is 5.97 Å². The van der Waals surface area contributed by atoms with Crippen molar-refractivity contribution in [3.63, 3.8) is 0 Å². The Kier molecular flexibility index (Phi) is 7.20. The average Bonchev–Trinajstić information content (AvgIpc) is 3.25. The molecule has 0 radical (unpaired) electrons. The van der Waals surface area contributed by atoms with Gasteiger partial charge in [0.25, 0.3) is 11.2 Å². The Morgan fingerprint density at radius 1 is 1.08 bits per heavy atom. The molecule has 0 saturated heterocycles. The van der Waals surface area contributed by atoms with Gasteiger partial charge in [0.2, 0.25) is 0 Å². The maximum atomic E-state index is 13.7. The summed E-state index contributed by atoms with van der Waals surface area (Å²) in [4.78, 5) is 42.4. The number of benzene rings is 3. The standard InChI is InChI=1S/C29H23N3O6S/c1-18-25(28(34)37-2)26(20-12-14-22(15-13-20)38-17-19-8-4-3-5-9-19)31-27(33)24(39-29(31)30-18)16-21-10-6-7-11-23(21)32(35)36/h3-16,26H,17H2,1-2H3. The molecule has 1 unspecified atom stereocenters. The number of carbonyl (C=O) groups is 1. The van der Waals surface area contributed by atoms with Gasteiger partial charge in [-0.05, 0) is 42.3 Å². The number of aromatic nitrogens is 1. The number of methoxy groups -OCH3 is 1. The summed E-state index contributed by atoms with van der Waals surface area (Å²) in [5.41, 5.74) is 2.12. The van der Waals surface area contributed by atoms with Gasteiger partial charge in [0.15, 0.2) is 4.80 Å². The number of nitro benzene ring substituents is 1. The maximum Gasteiger partial charge on any atom is 0.338 e. The number of thiazole rings is 1. The van der Waals surface area contributed by atoms with E-state index in [0.29, 0.717) is 34.0 Å². The third-order valence-electron chi connectivity index (χ3n) is 6.29. The van der Waals surface area contributed by atoms with Crippen LogP contribution in [0.15, 0.2) is 99.9 Å². The van der Waals surface area contributed by atoms with Crippen molar-refractivity contribution in [2.75, 3.05) is 7.11 Å². The predicted molar refractivity (Wildman–Crippen MR) is 146 cm³/mol. The molecule has 9 nitrogen and oxygen atoms in total. The topological polar surface area (TPSA) is 113 Å². The van der Waals surface area contributed by atoms with E-state index in [9.17, 15) is 19.7 Å². The van der Waals surface area contributed by atoms with Crippen LogP contribution in [0.25, 0.3) is 6.08 Å². The van der Waals surface area contributed by atoms with E-state index in [1.54, 1.807) is 49.4 Å². The Bertz CT molecular complexity index is 1770. The van der Waals surface area contributed by atoms with Crippen LogP contribution < -0.4 is 19.6 Å². The smallest absolute Gasteiger partial charge is 0.338 e.